The molecule has 2 atom stereocenters. The molecule has 1 saturated heterocycles. The second-order valence-corrected chi connectivity index (χ2v) is 6.80. The van der Waals surface area contributed by atoms with E-state index in [9.17, 15) is 14.4 Å². The molecule has 2 aliphatic rings. The highest BCUT2D eigenvalue weighted by molar-refractivity contribution is 9.10. The number of fused-ring (bicyclic) bond motifs is 1. The maximum Gasteiger partial charge on any atom is 0.267 e. The molecule has 0 bridgehead atoms. The van der Waals surface area contributed by atoms with Crippen LogP contribution in [0.5, 0.6) is 0 Å². The van der Waals surface area contributed by atoms with Crippen molar-refractivity contribution < 1.29 is 14.4 Å². The number of amides is 3. The number of hydrogen-bond donors (Lipinski definition) is 0. The fourth-order valence-corrected chi connectivity index (χ4v) is 3.61. The third-order valence-electron chi connectivity index (χ3n) is 4.65. The predicted molar refractivity (Wildman–Crippen MR) is 86.6 cm³/mol. The molecule has 1 saturated carbocycles. The van der Waals surface area contributed by atoms with Crippen molar-refractivity contribution in [2.45, 2.75) is 11.8 Å². The normalized spacial score (nSPS) is 25.4. The van der Waals surface area contributed by atoms with Crippen LogP contribution in [0.3, 0.4) is 0 Å². The van der Waals surface area contributed by atoms with E-state index in [1.165, 1.54) is 0 Å². The van der Waals surface area contributed by atoms with Gasteiger partial charge in [-0.15, -0.1) is 0 Å². The van der Waals surface area contributed by atoms with Gasteiger partial charge in [0, 0.05) is 10.0 Å². The van der Waals surface area contributed by atoms with Crippen molar-refractivity contribution in [3.05, 3.63) is 70.2 Å². The zero-order chi connectivity index (χ0) is 16.2. The lowest BCUT2D eigenvalue weighted by molar-refractivity contribution is -0.138. The van der Waals surface area contributed by atoms with Crippen LogP contribution in [0.4, 0.5) is 0 Å². The number of hydrogen-bond acceptors (Lipinski definition) is 3. The standard InChI is InChI=1S/C18H12BrNO3/c19-13-8-6-12(7-9-13)18-10-14(18)16(22)20(17(18)23)15(21)11-4-2-1-3-5-11/h1-9,14H,10H2. The van der Waals surface area contributed by atoms with Gasteiger partial charge in [-0.25, -0.2) is 4.90 Å². The van der Waals surface area contributed by atoms with Crippen LogP contribution in [0, 0.1) is 5.92 Å². The smallest absolute Gasteiger partial charge is 0.267 e. The third kappa shape index (κ3) is 1.93. The van der Waals surface area contributed by atoms with Gasteiger partial charge < -0.3 is 0 Å². The molecule has 2 unspecified atom stereocenters. The molecule has 2 aromatic carbocycles. The van der Waals surface area contributed by atoms with E-state index in [2.05, 4.69) is 15.9 Å². The Bertz CT molecular complexity index is 831. The quantitative estimate of drug-likeness (QED) is 0.764. The predicted octanol–water partition coefficient (Wildman–Crippen LogP) is 2.92. The van der Waals surface area contributed by atoms with Crippen molar-refractivity contribution >= 4 is 33.7 Å². The van der Waals surface area contributed by atoms with E-state index in [1.807, 2.05) is 24.3 Å². The van der Waals surface area contributed by atoms with E-state index in [4.69, 9.17) is 0 Å². The highest BCUT2D eigenvalue weighted by atomic mass is 79.9. The first-order valence-electron chi connectivity index (χ1n) is 7.29. The van der Waals surface area contributed by atoms with Gasteiger partial charge in [0.05, 0.1) is 11.3 Å². The summed E-state index contributed by atoms with van der Waals surface area (Å²) in [6.45, 7) is 0. The fourth-order valence-electron chi connectivity index (χ4n) is 3.34. The van der Waals surface area contributed by atoms with E-state index in [1.54, 1.807) is 30.3 Å². The van der Waals surface area contributed by atoms with E-state index in [0.29, 0.717) is 12.0 Å². The van der Waals surface area contributed by atoms with Gasteiger partial charge in [-0.3, -0.25) is 14.4 Å². The second-order valence-electron chi connectivity index (χ2n) is 5.88. The Morgan fingerprint density at radius 3 is 2.35 bits per heavy atom. The van der Waals surface area contributed by atoms with E-state index >= 15 is 0 Å². The highest BCUT2D eigenvalue weighted by Crippen LogP contribution is 2.60. The summed E-state index contributed by atoms with van der Waals surface area (Å²) in [5.74, 6) is -1.73. The van der Waals surface area contributed by atoms with Crippen LogP contribution in [0.15, 0.2) is 59.1 Å². The SMILES string of the molecule is O=C(c1ccccc1)N1C(=O)C2CC2(c2ccc(Br)cc2)C1=O. The molecule has 1 aliphatic carbocycles. The molecule has 4 rings (SSSR count). The minimum Gasteiger partial charge on any atom is -0.274 e. The Morgan fingerprint density at radius 1 is 1.04 bits per heavy atom. The van der Waals surface area contributed by atoms with Gasteiger partial charge in [0.2, 0.25) is 11.8 Å². The van der Waals surface area contributed by atoms with Crippen LogP contribution in [0.2, 0.25) is 0 Å². The van der Waals surface area contributed by atoms with Gasteiger partial charge in [-0.05, 0) is 36.2 Å². The molecule has 2 fully saturated rings. The molecule has 0 radical (unpaired) electrons. The molecule has 114 valence electrons. The van der Waals surface area contributed by atoms with Crippen LogP contribution in [-0.2, 0) is 15.0 Å². The zero-order valence-corrected chi connectivity index (χ0v) is 13.6. The van der Waals surface area contributed by atoms with E-state index in [0.717, 1.165) is 14.9 Å². The maximum absolute atomic E-state index is 12.9. The van der Waals surface area contributed by atoms with Crippen molar-refractivity contribution in [1.82, 2.24) is 4.90 Å². The molecule has 4 nitrogen and oxygen atoms in total. The van der Waals surface area contributed by atoms with Crippen LogP contribution in [0.25, 0.3) is 0 Å². The number of nitrogens with zero attached hydrogens (tertiary/aromatic N) is 1. The number of piperidine rings is 1. The number of carbonyl (C=O) groups excluding carboxylic acids is 3. The summed E-state index contributed by atoms with van der Waals surface area (Å²) < 4.78 is 0.906. The van der Waals surface area contributed by atoms with Gasteiger partial charge in [0.1, 0.15) is 0 Å². The summed E-state index contributed by atoms with van der Waals surface area (Å²) in [6.07, 6.45) is 0.491. The highest BCUT2D eigenvalue weighted by Gasteiger charge is 2.73. The van der Waals surface area contributed by atoms with E-state index < -0.39 is 23.1 Å². The Balaban J connectivity index is 1.71. The first kappa shape index (κ1) is 14.3. The fraction of sp³-hybridized carbons (Fsp3) is 0.167. The molecular formula is C18H12BrNO3. The topological polar surface area (TPSA) is 54.5 Å². The molecule has 0 N–H and O–H groups in total. The Kier molecular flexibility index (Phi) is 3.03. The van der Waals surface area contributed by atoms with Crippen LogP contribution < -0.4 is 0 Å². The lowest BCUT2D eigenvalue weighted by Gasteiger charge is -2.18. The summed E-state index contributed by atoms with van der Waals surface area (Å²) in [7, 11) is 0. The number of imide groups is 3. The lowest BCUT2D eigenvalue weighted by atomic mass is 9.94. The zero-order valence-electron chi connectivity index (χ0n) is 12.0. The number of benzene rings is 2. The van der Waals surface area contributed by atoms with Crippen molar-refractivity contribution in [3.63, 3.8) is 0 Å². The molecule has 5 heteroatoms. The molecule has 0 aromatic heterocycles. The Hall–Kier alpha value is -2.27. The first-order valence-corrected chi connectivity index (χ1v) is 8.09. The summed E-state index contributed by atoms with van der Waals surface area (Å²) in [5.41, 5.74) is 0.302. The average Bonchev–Trinajstić information content (AvgIpc) is 3.28. The minimum absolute atomic E-state index is 0.349. The number of rotatable bonds is 2. The van der Waals surface area contributed by atoms with Gasteiger partial charge in [-0.1, -0.05) is 46.3 Å². The molecule has 23 heavy (non-hydrogen) atoms. The second kappa shape index (κ2) is 4.86. The molecule has 1 heterocycles. The number of carbonyl (C=O) groups is 3. The lowest BCUT2D eigenvalue weighted by Crippen LogP contribution is -2.41. The average molecular weight is 370 g/mol. The monoisotopic (exact) mass is 369 g/mol. The summed E-state index contributed by atoms with van der Waals surface area (Å²) in [5, 5.41) is 0. The number of halogens is 1. The van der Waals surface area contributed by atoms with Crippen LogP contribution in [-0.4, -0.2) is 22.6 Å². The van der Waals surface area contributed by atoms with Gasteiger partial charge in [0.25, 0.3) is 5.91 Å². The first-order chi connectivity index (χ1) is 11.1. The summed E-state index contributed by atoms with van der Waals surface area (Å²) in [6, 6.07) is 15.8. The molecule has 3 amide bonds. The Morgan fingerprint density at radius 2 is 1.70 bits per heavy atom. The van der Waals surface area contributed by atoms with E-state index in [-0.39, 0.29) is 5.91 Å². The van der Waals surface area contributed by atoms with Gasteiger partial charge >= 0.3 is 0 Å². The Labute approximate surface area is 141 Å². The number of likely N-dealkylation sites (tertiary alicyclic amines) is 1. The van der Waals surface area contributed by atoms with Crippen LogP contribution >= 0.6 is 15.9 Å². The minimum atomic E-state index is -0.845. The van der Waals surface area contributed by atoms with Gasteiger partial charge in [0.15, 0.2) is 0 Å². The van der Waals surface area contributed by atoms with Crippen molar-refractivity contribution in [2.24, 2.45) is 5.92 Å². The van der Waals surface area contributed by atoms with Crippen molar-refractivity contribution in [3.8, 4) is 0 Å². The summed E-state index contributed by atoms with van der Waals surface area (Å²) >= 11 is 3.36. The summed E-state index contributed by atoms with van der Waals surface area (Å²) in [4.78, 5) is 38.7. The van der Waals surface area contributed by atoms with Gasteiger partial charge in [-0.2, -0.15) is 0 Å². The molecule has 1 aliphatic heterocycles. The van der Waals surface area contributed by atoms with Crippen molar-refractivity contribution in [2.75, 3.05) is 0 Å². The van der Waals surface area contributed by atoms with Crippen molar-refractivity contribution in [1.29, 1.82) is 0 Å². The molecule has 0 spiro atoms. The third-order valence-corrected chi connectivity index (χ3v) is 5.18. The van der Waals surface area contributed by atoms with Crippen LogP contribution in [0.1, 0.15) is 22.3 Å². The largest absolute Gasteiger partial charge is 0.274 e. The maximum atomic E-state index is 12.9. The molecular weight excluding hydrogens is 358 g/mol. The molecule has 2 aromatic rings.